The van der Waals surface area contributed by atoms with Gasteiger partial charge in [-0.3, -0.25) is 4.79 Å². The monoisotopic (exact) mass is 418 g/mol. The topological polar surface area (TPSA) is 78.3 Å². The maximum Gasteiger partial charge on any atom is 0.336 e. The van der Waals surface area contributed by atoms with Gasteiger partial charge in [0.05, 0.1) is 25.5 Å². The van der Waals surface area contributed by atoms with Crippen LogP contribution in [0.25, 0.3) is 17.1 Å². The lowest BCUT2D eigenvalue weighted by Gasteiger charge is -2.10. The van der Waals surface area contributed by atoms with Gasteiger partial charge < -0.3 is 14.8 Å². The number of carbonyl (C=O) groups excluding carboxylic acids is 1. The van der Waals surface area contributed by atoms with Gasteiger partial charge in [0.15, 0.2) is 5.82 Å². The van der Waals surface area contributed by atoms with E-state index in [-0.39, 0.29) is 11.6 Å². The van der Waals surface area contributed by atoms with Gasteiger partial charge in [0, 0.05) is 11.3 Å². The first kappa shape index (κ1) is 20.1. The molecular weight excluding hydrogens is 399 g/mol. The summed E-state index contributed by atoms with van der Waals surface area (Å²) in [6, 6.07) is 20.4. The van der Waals surface area contributed by atoms with Crippen molar-refractivity contribution in [1.82, 2.24) is 14.8 Å². The molecule has 1 aromatic heterocycles. The highest BCUT2D eigenvalue weighted by molar-refractivity contribution is 6.04. The summed E-state index contributed by atoms with van der Waals surface area (Å²) in [5.41, 5.74) is 1.86. The Morgan fingerprint density at radius 1 is 0.968 bits per heavy atom. The number of halogens is 1. The zero-order chi connectivity index (χ0) is 21.8. The van der Waals surface area contributed by atoms with Gasteiger partial charge >= 0.3 is 6.01 Å². The van der Waals surface area contributed by atoms with E-state index < -0.39 is 11.7 Å². The van der Waals surface area contributed by atoms with Crippen LogP contribution >= 0.6 is 0 Å². The van der Waals surface area contributed by atoms with Crippen LogP contribution in [0, 0.1) is 5.82 Å². The second-order valence-corrected chi connectivity index (χ2v) is 6.55. The predicted molar refractivity (Wildman–Crippen MR) is 114 cm³/mol. The molecule has 156 valence electrons. The first-order valence-corrected chi connectivity index (χ1v) is 9.41. The van der Waals surface area contributed by atoms with E-state index in [0.717, 1.165) is 5.56 Å². The number of nitrogens with one attached hydrogen (secondary N) is 1. The van der Waals surface area contributed by atoms with Crippen molar-refractivity contribution in [1.29, 1.82) is 0 Å². The zero-order valence-corrected chi connectivity index (χ0v) is 16.9. The Balaban J connectivity index is 1.70. The Morgan fingerprint density at radius 3 is 2.55 bits per heavy atom. The molecule has 0 radical (unpaired) electrons. The molecule has 0 atom stereocenters. The van der Waals surface area contributed by atoms with E-state index in [0.29, 0.717) is 22.9 Å². The third-order valence-corrected chi connectivity index (χ3v) is 4.57. The highest BCUT2D eigenvalue weighted by Gasteiger charge is 2.16. The molecule has 4 aromatic rings. The maximum atomic E-state index is 13.9. The number of carbonyl (C=O) groups is 1. The van der Waals surface area contributed by atoms with Crippen LogP contribution in [0.2, 0.25) is 0 Å². The third kappa shape index (κ3) is 4.23. The summed E-state index contributed by atoms with van der Waals surface area (Å²) >= 11 is 0. The first-order valence-electron chi connectivity index (χ1n) is 9.41. The quantitative estimate of drug-likeness (QED) is 0.504. The largest absolute Gasteiger partial charge is 0.497 e. The van der Waals surface area contributed by atoms with Gasteiger partial charge in [-0.15, -0.1) is 5.10 Å². The number of methoxy groups -OCH3 is 2. The number of amides is 1. The van der Waals surface area contributed by atoms with Crippen molar-refractivity contribution in [2.75, 3.05) is 19.5 Å². The molecule has 0 unspecified atom stereocenters. The number of nitrogens with zero attached hydrogens (tertiary/aromatic N) is 3. The van der Waals surface area contributed by atoms with Gasteiger partial charge in [-0.05, 0) is 42.5 Å². The normalized spacial score (nSPS) is 10.5. The summed E-state index contributed by atoms with van der Waals surface area (Å²) < 4.78 is 26.0. The Kier molecular flexibility index (Phi) is 5.61. The molecule has 0 spiro atoms. The third-order valence-electron chi connectivity index (χ3n) is 4.57. The lowest BCUT2D eigenvalue weighted by molar-refractivity contribution is 0.102. The van der Waals surface area contributed by atoms with Crippen molar-refractivity contribution >= 4 is 11.6 Å². The number of hydrogen-bond acceptors (Lipinski definition) is 5. The van der Waals surface area contributed by atoms with E-state index in [1.807, 2.05) is 30.3 Å². The van der Waals surface area contributed by atoms with E-state index in [9.17, 15) is 9.18 Å². The van der Waals surface area contributed by atoms with Gasteiger partial charge in [-0.1, -0.05) is 30.3 Å². The van der Waals surface area contributed by atoms with Gasteiger partial charge in [0.2, 0.25) is 0 Å². The molecule has 0 aliphatic rings. The summed E-state index contributed by atoms with van der Waals surface area (Å²) in [5, 5.41) is 7.11. The fourth-order valence-electron chi connectivity index (χ4n) is 3.07. The second kappa shape index (κ2) is 8.66. The molecule has 1 amide bonds. The minimum atomic E-state index is -0.586. The average molecular weight is 418 g/mol. The number of aromatic nitrogens is 3. The van der Waals surface area contributed by atoms with Crippen LogP contribution < -0.4 is 14.8 Å². The zero-order valence-electron chi connectivity index (χ0n) is 16.9. The summed E-state index contributed by atoms with van der Waals surface area (Å²) in [5.74, 6) is 0.0853. The minimum Gasteiger partial charge on any atom is -0.497 e. The Labute approximate surface area is 178 Å². The molecule has 0 saturated heterocycles. The fraction of sp³-hybridized carbons (Fsp3) is 0.0870. The van der Waals surface area contributed by atoms with Gasteiger partial charge in [-0.2, -0.15) is 4.98 Å². The van der Waals surface area contributed by atoms with Crippen LogP contribution in [0.3, 0.4) is 0 Å². The summed E-state index contributed by atoms with van der Waals surface area (Å²) in [4.78, 5) is 16.9. The average Bonchev–Trinajstić information content (AvgIpc) is 3.24. The summed E-state index contributed by atoms with van der Waals surface area (Å²) in [6.45, 7) is 0. The van der Waals surface area contributed by atoms with Crippen LogP contribution in [0.5, 0.6) is 11.8 Å². The molecule has 0 saturated carbocycles. The van der Waals surface area contributed by atoms with Crippen molar-refractivity contribution in [3.63, 3.8) is 0 Å². The van der Waals surface area contributed by atoms with Crippen molar-refractivity contribution < 1.29 is 18.7 Å². The highest BCUT2D eigenvalue weighted by Crippen LogP contribution is 2.27. The van der Waals surface area contributed by atoms with Crippen LogP contribution in [0.1, 0.15) is 10.4 Å². The van der Waals surface area contributed by atoms with Crippen LogP contribution in [-0.4, -0.2) is 34.9 Å². The lowest BCUT2D eigenvalue weighted by atomic mass is 10.2. The number of hydrogen-bond donors (Lipinski definition) is 1. The molecule has 0 aliphatic carbocycles. The lowest BCUT2D eigenvalue weighted by Crippen LogP contribution is -2.14. The van der Waals surface area contributed by atoms with Crippen LogP contribution in [0.15, 0.2) is 72.8 Å². The summed E-state index contributed by atoms with van der Waals surface area (Å²) in [7, 11) is 3.08. The van der Waals surface area contributed by atoms with Crippen LogP contribution in [-0.2, 0) is 0 Å². The Bertz CT molecular complexity index is 1240. The van der Waals surface area contributed by atoms with Crippen LogP contribution in [0.4, 0.5) is 10.1 Å². The second-order valence-electron chi connectivity index (χ2n) is 6.55. The molecule has 3 aromatic carbocycles. The maximum absolute atomic E-state index is 13.9. The molecule has 1 N–H and O–H groups in total. The first-order chi connectivity index (χ1) is 15.1. The minimum absolute atomic E-state index is 0.0348. The smallest absolute Gasteiger partial charge is 0.336 e. The Morgan fingerprint density at radius 2 is 1.77 bits per heavy atom. The molecule has 7 nitrogen and oxygen atoms in total. The van der Waals surface area contributed by atoms with E-state index >= 15 is 0 Å². The molecule has 0 aliphatic heterocycles. The van der Waals surface area contributed by atoms with Crippen molar-refractivity contribution in [2.45, 2.75) is 0 Å². The highest BCUT2D eigenvalue weighted by atomic mass is 19.1. The SMILES string of the molecule is COc1cccc(-c2nc(OC)nn2-c2cccc(NC(=O)c3ccccc3F)c2)c1. The number of ether oxygens (including phenoxy) is 2. The number of rotatable bonds is 6. The fourth-order valence-corrected chi connectivity index (χ4v) is 3.07. The molecule has 0 bridgehead atoms. The Hall–Kier alpha value is -4.20. The van der Waals surface area contributed by atoms with Crippen molar-refractivity contribution in [3.05, 3.63) is 84.2 Å². The summed E-state index contributed by atoms with van der Waals surface area (Å²) in [6.07, 6.45) is 0. The van der Waals surface area contributed by atoms with Gasteiger partial charge in [0.25, 0.3) is 5.91 Å². The predicted octanol–water partition coefficient (Wildman–Crippen LogP) is 4.34. The van der Waals surface area contributed by atoms with E-state index in [4.69, 9.17) is 9.47 Å². The molecule has 4 rings (SSSR count). The molecule has 0 fully saturated rings. The van der Waals surface area contributed by atoms with Crippen molar-refractivity contribution in [2.24, 2.45) is 0 Å². The van der Waals surface area contributed by atoms with Gasteiger partial charge in [0.1, 0.15) is 11.6 Å². The van der Waals surface area contributed by atoms with E-state index in [1.54, 1.807) is 36.1 Å². The number of anilines is 1. The molecule has 1 heterocycles. The molecule has 31 heavy (non-hydrogen) atoms. The standard InChI is InChI=1S/C23H19FN4O3/c1-30-18-10-5-7-15(13-18)21-26-23(31-2)27-28(21)17-9-6-8-16(14-17)25-22(29)19-11-3-4-12-20(19)24/h3-14H,1-2H3,(H,25,29). The van der Waals surface area contributed by atoms with E-state index in [1.165, 1.54) is 25.3 Å². The van der Waals surface area contributed by atoms with Crippen molar-refractivity contribution in [3.8, 4) is 28.8 Å². The number of benzene rings is 3. The molecular formula is C23H19FN4O3. The molecule has 8 heteroatoms. The van der Waals surface area contributed by atoms with Gasteiger partial charge in [-0.25, -0.2) is 9.07 Å². The van der Waals surface area contributed by atoms with E-state index in [2.05, 4.69) is 15.4 Å².